The van der Waals surface area contributed by atoms with E-state index in [1.165, 1.54) is 6.92 Å². The number of hydrogen-bond acceptors (Lipinski definition) is 7. The number of carbonyl (C=O) groups is 1. The van der Waals surface area contributed by atoms with E-state index in [9.17, 15) is 4.79 Å². The van der Waals surface area contributed by atoms with Crippen LogP contribution in [0.2, 0.25) is 0 Å². The second-order valence-corrected chi connectivity index (χ2v) is 6.87. The Bertz CT molecular complexity index is 719. The molecule has 1 amide bonds. The second-order valence-electron chi connectivity index (χ2n) is 6.87. The predicted octanol–water partition coefficient (Wildman–Crippen LogP) is 0.673. The standard InChI is InChI=1S/C14H22N8O/c1-8(23)15-9-5-6-22(7-9)12-10-11(20-21-19-10)16-13(17-12)18-14(2,3)4/h9H,5-7H2,1-4H3,(H,15,23)(H2,16,17,18,19,20,21). The third kappa shape index (κ3) is 3.49. The van der Waals surface area contributed by atoms with Gasteiger partial charge in [-0.2, -0.15) is 20.3 Å². The van der Waals surface area contributed by atoms with Crippen LogP contribution >= 0.6 is 0 Å². The van der Waals surface area contributed by atoms with Crippen molar-refractivity contribution in [3.05, 3.63) is 0 Å². The largest absolute Gasteiger partial charge is 0.352 e. The van der Waals surface area contributed by atoms with E-state index in [-0.39, 0.29) is 17.5 Å². The maximum absolute atomic E-state index is 11.2. The van der Waals surface area contributed by atoms with Crippen molar-refractivity contribution in [3.63, 3.8) is 0 Å². The van der Waals surface area contributed by atoms with Gasteiger partial charge in [-0.05, 0) is 27.2 Å². The summed E-state index contributed by atoms with van der Waals surface area (Å²) in [4.78, 5) is 22.4. The van der Waals surface area contributed by atoms with Gasteiger partial charge in [0.2, 0.25) is 17.5 Å². The summed E-state index contributed by atoms with van der Waals surface area (Å²) in [5.74, 6) is 1.25. The van der Waals surface area contributed by atoms with E-state index in [4.69, 9.17) is 0 Å². The smallest absolute Gasteiger partial charge is 0.227 e. The van der Waals surface area contributed by atoms with Crippen LogP contribution in [0.5, 0.6) is 0 Å². The molecule has 124 valence electrons. The average Bonchev–Trinajstić information content (AvgIpc) is 3.03. The Labute approximate surface area is 134 Å². The summed E-state index contributed by atoms with van der Waals surface area (Å²) in [6.45, 7) is 9.18. The fourth-order valence-corrected chi connectivity index (χ4v) is 2.70. The van der Waals surface area contributed by atoms with Gasteiger partial charge >= 0.3 is 0 Å². The second kappa shape index (κ2) is 5.64. The fraction of sp³-hybridized carbons (Fsp3) is 0.643. The Balaban J connectivity index is 1.90. The maximum atomic E-state index is 11.2. The van der Waals surface area contributed by atoms with E-state index in [2.05, 4.69) is 40.9 Å². The van der Waals surface area contributed by atoms with Crippen LogP contribution in [-0.2, 0) is 4.79 Å². The number of hydrogen-bond donors (Lipinski definition) is 3. The van der Waals surface area contributed by atoms with Gasteiger partial charge in [0.25, 0.3) is 0 Å². The van der Waals surface area contributed by atoms with Gasteiger partial charge in [0, 0.05) is 31.6 Å². The Hall–Kier alpha value is -2.45. The molecule has 1 aliphatic heterocycles. The number of carbonyl (C=O) groups excluding carboxylic acids is 1. The topological polar surface area (TPSA) is 112 Å². The molecule has 2 aromatic heterocycles. The van der Waals surface area contributed by atoms with Gasteiger partial charge in [-0.25, -0.2) is 0 Å². The summed E-state index contributed by atoms with van der Waals surface area (Å²) < 4.78 is 0. The summed E-state index contributed by atoms with van der Waals surface area (Å²) >= 11 is 0. The summed E-state index contributed by atoms with van der Waals surface area (Å²) in [7, 11) is 0. The number of fused-ring (bicyclic) bond motifs is 1. The van der Waals surface area contributed by atoms with Crippen molar-refractivity contribution in [3.8, 4) is 0 Å². The Morgan fingerprint density at radius 3 is 2.78 bits per heavy atom. The Morgan fingerprint density at radius 1 is 1.30 bits per heavy atom. The van der Waals surface area contributed by atoms with Crippen molar-refractivity contribution in [2.24, 2.45) is 0 Å². The molecule has 1 aliphatic rings. The molecule has 1 unspecified atom stereocenters. The van der Waals surface area contributed by atoms with Gasteiger partial charge < -0.3 is 15.5 Å². The van der Waals surface area contributed by atoms with Gasteiger partial charge in [-0.3, -0.25) is 4.79 Å². The third-order valence-corrected chi connectivity index (χ3v) is 3.55. The number of rotatable bonds is 3. The van der Waals surface area contributed by atoms with E-state index in [0.717, 1.165) is 18.8 Å². The van der Waals surface area contributed by atoms with Crippen LogP contribution in [0.3, 0.4) is 0 Å². The molecule has 23 heavy (non-hydrogen) atoms. The van der Waals surface area contributed by atoms with Gasteiger partial charge in [0.1, 0.15) is 0 Å². The molecule has 1 saturated heterocycles. The first kappa shape index (κ1) is 15.4. The first-order chi connectivity index (χ1) is 10.8. The normalized spacial score (nSPS) is 18.4. The number of amides is 1. The fourth-order valence-electron chi connectivity index (χ4n) is 2.70. The molecule has 0 aromatic carbocycles. The van der Waals surface area contributed by atoms with E-state index in [0.29, 0.717) is 23.7 Å². The van der Waals surface area contributed by atoms with Crippen molar-refractivity contribution in [1.82, 2.24) is 30.7 Å². The van der Waals surface area contributed by atoms with Crippen LogP contribution in [0, 0.1) is 0 Å². The molecular weight excluding hydrogens is 296 g/mol. The Morgan fingerprint density at radius 2 is 2.09 bits per heavy atom. The minimum Gasteiger partial charge on any atom is -0.352 e. The summed E-state index contributed by atoms with van der Waals surface area (Å²) in [6, 6.07) is 0.128. The zero-order chi connectivity index (χ0) is 16.6. The van der Waals surface area contributed by atoms with Crippen LogP contribution in [0.25, 0.3) is 11.2 Å². The Kier molecular flexibility index (Phi) is 3.78. The van der Waals surface area contributed by atoms with Crippen molar-refractivity contribution in [2.75, 3.05) is 23.3 Å². The van der Waals surface area contributed by atoms with E-state index < -0.39 is 0 Å². The minimum atomic E-state index is -0.154. The number of H-pyrrole nitrogens is 1. The SMILES string of the molecule is CC(=O)NC1CCN(c2nc(NC(C)(C)C)nc3n[nH]nc23)C1. The molecule has 0 radical (unpaired) electrons. The number of anilines is 2. The highest BCUT2D eigenvalue weighted by molar-refractivity contribution is 5.84. The molecule has 1 fully saturated rings. The molecule has 0 bridgehead atoms. The monoisotopic (exact) mass is 318 g/mol. The highest BCUT2D eigenvalue weighted by Crippen LogP contribution is 2.26. The molecule has 3 N–H and O–H groups in total. The number of aromatic amines is 1. The molecule has 0 aliphatic carbocycles. The van der Waals surface area contributed by atoms with Gasteiger partial charge in [-0.1, -0.05) is 0 Å². The summed E-state index contributed by atoms with van der Waals surface area (Å²) in [5, 5.41) is 17.1. The average molecular weight is 318 g/mol. The third-order valence-electron chi connectivity index (χ3n) is 3.55. The van der Waals surface area contributed by atoms with Crippen molar-refractivity contribution < 1.29 is 4.79 Å². The zero-order valence-corrected chi connectivity index (χ0v) is 13.8. The molecular formula is C14H22N8O. The molecule has 3 heterocycles. The van der Waals surface area contributed by atoms with Crippen LogP contribution in [-0.4, -0.2) is 56.0 Å². The number of nitrogens with zero attached hydrogens (tertiary/aromatic N) is 5. The van der Waals surface area contributed by atoms with Crippen LogP contribution in [0.15, 0.2) is 0 Å². The molecule has 0 spiro atoms. The molecule has 0 saturated carbocycles. The highest BCUT2D eigenvalue weighted by Gasteiger charge is 2.27. The van der Waals surface area contributed by atoms with Crippen LogP contribution in [0.1, 0.15) is 34.1 Å². The highest BCUT2D eigenvalue weighted by atomic mass is 16.1. The lowest BCUT2D eigenvalue weighted by Crippen LogP contribution is -2.36. The van der Waals surface area contributed by atoms with Gasteiger partial charge in [-0.15, -0.1) is 5.10 Å². The predicted molar refractivity (Wildman–Crippen MR) is 87.3 cm³/mol. The zero-order valence-electron chi connectivity index (χ0n) is 13.8. The van der Waals surface area contributed by atoms with Crippen molar-refractivity contribution >= 4 is 28.8 Å². The summed E-state index contributed by atoms with van der Waals surface area (Å²) in [5.41, 5.74) is 1.02. The molecule has 3 rings (SSSR count). The van der Waals surface area contributed by atoms with E-state index >= 15 is 0 Å². The lowest BCUT2D eigenvalue weighted by Gasteiger charge is -2.22. The number of aromatic nitrogens is 5. The number of nitrogens with one attached hydrogen (secondary N) is 3. The lowest BCUT2D eigenvalue weighted by molar-refractivity contribution is -0.119. The van der Waals surface area contributed by atoms with Gasteiger partial charge in [0.05, 0.1) is 0 Å². The van der Waals surface area contributed by atoms with Crippen molar-refractivity contribution in [1.29, 1.82) is 0 Å². The van der Waals surface area contributed by atoms with Crippen LogP contribution in [0.4, 0.5) is 11.8 Å². The maximum Gasteiger partial charge on any atom is 0.227 e. The van der Waals surface area contributed by atoms with E-state index in [1.54, 1.807) is 0 Å². The van der Waals surface area contributed by atoms with Crippen molar-refractivity contribution in [2.45, 2.75) is 45.7 Å². The summed E-state index contributed by atoms with van der Waals surface area (Å²) in [6.07, 6.45) is 0.880. The molecule has 1 atom stereocenters. The lowest BCUT2D eigenvalue weighted by atomic mass is 10.1. The van der Waals surface area contributed by atoms with E-state index in [1.807, 2.05) is 20.8 Å². The molecule has 9 heteroatoms. The molecule has 9 nitrogen and oxygen atoms in total. The minimum absolute atomic E-state index is 0.0128. The first-order valence-corrected chi connectivity index (χ1v) is 7.70. The molecule has 2 aromatic rings. The van der Waals surface area contributed by atoms with Crippen LogP contribution < -0.4 is 15.5 Å². The quantitative estimate of drug-likeness (QED) is 0.762. The first-order valence-electron chi connectivity index (χ1n) is 7.70. The van der Waals surface area contributed by atoms with Gasteiger partial charge in [0.15, 0.2) is 11.3 Å².